The molecule has 0 aliphatic rings. The lowest BCUT2D eigenvalue weighted by Gasteiger charge is -2.10. The third kappa shape index (κ3) is 2.96. The zero-order valence-corrected chi connectivity index (χ0v) is 11.9. The molecule has 0 spiro atoms. The molecule has 0 radical (unpaired) electrons. The Morgan fingerprint density at radius 3 is 2.80 bits per heavy atom. The summed E-state index contributed by atoms with van der Waals surface area (Å²) in [6.07, 6.45) is -0.135. The smallest absolute Gasteiger partial charge is 0.305 e. The molecule has 0 bridgehead atoms. The van der Waals surface area contributed by atoms with Crippen molar-refractivity contribution in [1.29, 1.82) is 0 Å². The Morgan fingerprint density at radius 1 is 1.45 bits per heavy atom. The Labute approximate surface area is 119 Å². The Kier molecular flexibility index (Phi) is 4.04. The summed E-state index contributed by atoms with van der Waals surface area (Å²) in [5.74, 6) is -1.63. The van der Waals surface area contributed by atoms with E-state index in [1.165, 1.54) is 23.5 Å². The van der Waals surface area contributed by atoms with Gasteiger partial charge in [0.15, 0.2) is 0 Å². The van der Waals surface area contributed by atoms with Crippen molar-refractivity contribution in [3.05, 3.63) is 34.5 Å². The first-order valence-corrected chi connectivity index (χ1v) is 6.91. The number of nitrogens with one attached hydrogen (secondary N) is 1. The lowest BCUT2D eigenvalue weighted by Crippen LogP contribution is -2.34. The van der Waals surface area contributed by atoms with E-state index in [0.717, 1.165) is 10.9 Å². The molecule has 1 atom stereocenters. The number of hydrogen-bond donors (Lipinski definition) is 2. The van der Waals surface area contributed by atoms with Gasteiger partial charge in [-0.3, -0.25) is 9.59 Å². The summed E-state index contributed by atoms with van der Waals surface area (Å²) in [5, 5.41) is 12.2. The van der Waals surface area contributed by atoms with Crippen molar-refractivity contribution in [3.63, 3.8) is 0 Å². The number of thiophene rings is 1. The zero-order valence-electron chi connectivity index (χ0n) is 11.1. The van der Waals surface area contributed by atoms with Gasteiger partial charge >= 0.3 is 5.97 Å². The summed E-state index contributed by atoms with van der Waals surface area (Å²) in [6, 6.07) is 3.94. The molecule has 0 saturated carbocycles. The van der Waals surface area contributed by atoms with Crippen molar-refractivity contribution < 1.29 is 19.1 Å². The molecule has 2 aromatic rings. The molecule has 0 saturated heterocycles. The summed E-state index contributed by atoms with van der Waals surface area (Å²) < 4.78 is 13.9. The maximum atomic E-state index is 13.2. The minimum absolute atomic E-state index is 0.135. The van der Waals surface area contributed by atoms with Crippen LogP contribution in [0.4, 0.5) is 4.39 Å². The third-order valence-electron chi connectivity index (χ3n) is 2.96. The number of rotatable bonds is 4. The first-order valence-electron chi connectivity index (χ1n) is 6.09. The molecule has 6 heteroatoms. The maximum absolute atomic E-state index is 13.2. The average molecular weight is 295 g/mol. The predicted molar refractivity (Wildman–Crippen MR) is 75.7 cm³/mol. The van der Waals surface area contributed by atoms with E-state index >= 15 is 0 Å². The normalized spacial score (nSPS) is 12.3. The second kappa shape index (κ2) is 5.58. The molecule has 1 amide bonds. The van der Waals surface area contributed by atoms with Crippen molar-refractivity contribution >= 4 is 33.3 Å². The molecule has 20 heavy (non-hydrogen) atoms. The van der Waals surface area contributed by atoms with Crippen LogP contribution in [-0.4, -0.2) is 23.0 Å². The van der Waals surface area contributed by atoms with Gasteiger partial charge in [-0.15, -0.1) is 11.3 Å². The highest BCUT2D eigenvalue weighted by atomic mass is 32.1. The van der Waals surface area contributed by atoms with Crippen LogP contribution in [0.2, 0.25) is 0 Å². The second-order valence-corrected chi connectivity index (χ2v) is 5.72. The number of carboxylic acid groups (broad SMARTS) is 1. The van der Waals surface area contributed by atoms with E-state index in [1.54, 1.807) is 19.9 Å². The summed E-state index contributed by atoms with van der Waals surface area (Å²) >= 11 is 1.21. The lowest BCUT2D eigenvalue weighted by atomic mass is 10.1. The number of fused-ring (bicyclic) bond motifs is 1. The van der Waals surface area contributed by atoms with E-state index in [1.807, 2.05) is 0 Å². The average Bonchev–Trinajstić information content (AvgIpc) is 2.65. The molecule has 2 rings (SSSR count). The summed E-state index contributed by atoms with van der Waals surface area (Å²) in [4.78, 5) is 23.2. The van der Waals surface area contributed by atoms with Gasteiger partial charge in [0.05, 0.1) is 11.3 Å². The van der Waals surface area contributed by atoms with Crippen LogP contribution in [0.1, 0.15) is 28.6 Å². The largest absolute Gasteiger partial charge is 0.481 e. The van der Waals surface area contributed by atoms with Gasteiger partial charge in [0.2, 0.25) is 0 Å². The Morgan fingerprint density at radius 2 is 2.15 bits per heavy atom. The van der Waals surface area contributed by atoms with Crippen LogP contribution in [-0.2, 0) is 4.79 Å². The van der Waals surface area contributed by atoms with Crippen molar-refractivity contribution in [2.45, 2.75) is 26.3 Å². The fourth-order valence-corrected chi connectivity index (χ4v) is 3.16. The van der Waals surface area contributed by atoms with Crippen molar-refractivity contribution in [3.8, 4) is 0 Å². The summed E-state index contributed by atoms with van der Waals surface area (Å²) in [6.45, 7) is 3.43. The van der Waals surface area contributed by atoms with E-state index in [-0.39, 0.29) is 18.1 Å². The van der Waals surface area contributed by atoms with Crippen molar-refractivity contribution in [2.75, 3.05) is 0 Å². The number of carbonyl (C=O) groups excluding carboxylic acids is 1. The van der Waals surface area contributed by atoms with Crippen LogP contribution in [0.15, 0.2) is 18.2 Å². The number of amides is 1. The molecule has 1 aromatic carbocycles. The van der Waals surface area contributed by atoms with E-state index in [2.05, 4.69) is 5.32 Å². The van der Waals surface area contributed by atoms with E-state index in [9.17, 15) is 14.0 Å². The van der Waals surface area contributed by atoms with Crippen molar-refractivity contribution in [1.82, 2.24) is 5.32 Å². The van der Waals surface area contributed by atoms with Gasteiger partial charge < -0.3 is 10.4 Å². The molecular formula is C14H14FNO3S. The molecule has 106 valence electrons. The van der Waals surface area contributed by atoms with Crippen LogP contribution in [0, 0.1) is 12.7 Å². The predicted octanol–water partition coefficient (Wildman–Crippen LogP) is 2.94. The van der Waals surface area contributed by atoms with Gasteiger partial charge in [0, 0.05) is 10.7 Å². The zero-order chi connectivity index (χ0) is 14.9. The number of aryl methyl sites for hydroxylation is 1. The topological polar surface area (TPSA) is 66.4 Å². The van der Waals surface area contributed by atoms with E-state index in [0.29, 0.717) is 9.58 Å². The quantitative estimate of drug-likeness (QED) is 0.911. The van der Waals surface area contributed by atoms with E-state index < -0.39 is 12.0 Å². The molecule has 0 fully saturated rings. The summed E-state index contributed by atoms with van der Waals surface area (Å²) in [5.41, 5.74) is 0.782. The SMILES string of the molecule is Cc1c(C(=O)NC(C)CC(=O)O)sc2cc(F)ccc12. The number of benzene rings is 1. The molecule has 0 aliphatic carbocycles. The Hall–Kier alpha value is -1.95. The maximum Gasteiger partial charge on any atom is 0.305 e. The lowest BCUT2D eigenvalue weighted by molar-refractivity contribution is -0.137. The highest BCUT2D eigenvalue weighted by molar-refractivity contribution is 7.21. The minimum atomic E-state index is -0.965. The molecule has 1 unspecified atom stereocenters. The van der Waals surface area contributed by atoms with Crippen LogP contribution < -0.4 is 5.32 Å². The standard InChI is InChI=1S/C14H14FNO3S/c1-7(5-12(17)18)16-14(19)13-8(2)10-4-3-9(15)6-11(10)20-13/h3-4,6-7H,5H2,1-2H3,(H,16,19)(H,17,18). The molecule has 1 heterocycles. The summed E-state index contributed by atoms with van der Waals surface area (Å²) in [7, 11) is 0. The number of hydrogen-bond acceptors (Lipinski definition) is 3. The third-order valence-corrected chi connectivity index (χ3v) is 4.22. The van der Waals surface area contributed by atoms with Crippen LogP contribution in [0.3, 0.4) is 0 Å². The van der Waals surface area contributed by atoms with Crippen LogP contribution >= 0.6 is 11.3 Å². The van der Waals surface area contributed by atoms with Crippen LogP contribution in [0.25, 0.3) is 10.1 Å². The number of halogens is 1. The fraction of sp³-hybridized carbons (Fsp3) is 0.286. The molecule has 2 N–H and O–H groups in total. The van der Waals surface area contributed by atoms with Gasteiger partial charge in [0.25, 0.3) is 5.91 Å². The Balaban J connectivity index is 2.26. The van der Waals surface area contributed by atoms with Gasteiger partial charge in [-0.1, -0.05) is 6.07 Å². The molecule has 4 nitrogen and oxygen atoms in total. The number of carboxylic acids is 1. The molecule has 1 aromatic heterocycles. The first-order chi connectivity index (χ1) is 9.38. The molecular weight excluding hydrogens is 281 g/mol. The second-order valence-electron chi connectivity index (χ2n) is 4.67. The molecule has 0 aliphatic heterocycles. The van der Waals surface area contributed by atoms with Gasteiger partial charge in [-0.25, -0.2) is 4.39 Å². The highest BCUT2D eigenvalue weighted by Gasteiger charge is 2.18. The minimum Gasteiger partial charge on any atom is -0.481 e. The number of carbonyl (C=O) groups is 2. The van der Waals surface area contributed by atoms with Crippen LogP contribution in [0.5, 0.6) is 0 Å². The monoisotopic (exact) mass is 295 g/mol. The van der Waals surface area contributed by atoms with Gasteiger partial charge in [-0.05, 0) is 36.9 Å². The van der Waals surface area contributed by atoms with Crippen molar-refractivity contribution in [2.24, 2.45) is 0 Å². The van der Waals surface area contributed by atoms with Gasteiger partial charge in [0.1, 0.15) is 5.82 Å². The van der Waals surface area contributed by atoms with Gasteiger partial charge in [-0.2, -0.15) is 0 Å². The highest BCUT2D eigenvalue weighted by Crippen LogP contribution is 2.31. The fourth-order valence-electron chi connectivity index (χ4n) is 2.02. The first kappa shape index (κ1) is 14.5. The Bertz CT molecular complexity index is 680. The van der Waals surface area contributed by atoms with E-state index in [4.69, 9.17) is 5.11 Å². The number of aliphatic carboxylic acids is 1.